The quantitative estimate of drug-likeness (QED) is 0.124. The van der Waals surface area contributed by atoms with Crippen molar-refractivity contribution in [3.63, 3.8) is 0 Å². The van der Waals surface area contributed by atoms with Gasteiger partial charge in [-0.1, -0.05) is 25.5 Å². The maximum Gasteiger partial charge on any atom is 0.302 e. The molecule has 0 aromatic heterocycles. The van der Waals surface area contributed by atoms with E-state index in [2.05, 4.69) is 13.0 Å². The zero-order valence-electron chi connectivity index (χ0n) is 48.1. The van der Waals surface area contributed by atoms with Crippen LogP contribution in [0, 0.1) is 22.7 Å². The minimum Gasteiger partial charge on any atom is -0.462 e. The number of hydrogen-bond acceptors (Lipinski definition) is 21. The monoisotopic (exact) mass is 1110 g/mol. The number of aliphatic hydroxyl groups is 4. The minimum absolute atomic E-state index is 0.0800. The van der Waals surface area contributed by atoms with Gasteiger partial charge in [0.1, 0.15) is 53.6 Å². The highest BCUT2D eigenvalue weighted by molar-refractivity contribution is 5.80. The standard InChI is InChI=1S/C57H92O21/c1-27(58)36-16-19-57(63)55(36,9)43(73-33(7)59)26-42-54(8)17-15-35(20-34(54)14-18-56(42,57)62)74-44-21-37(60)50(29(3)69-44)75-46-23-39(65-11)52(30(4)70-46)77-48-25-41(67-13)53(32(6)72-48)78-47-24-40(66-12)51(31(5)71-47)76-45-22-38(64-10)49(61)28(2)68-45/h14,28-32,35-53,60-63H,15-26H2,1-13H3. The van der Waals surface area contributed by atoms with E-state index in [1.165, 1.54) is 13.8 Å². The van der Waals surface area contributed by atoms with Crippen LogP contribution in [0.15, 0.2) is 11.6 Å². The molecule has 28 unspecified atom stereocenters. The third kappa shape index (κ3) is 11.2. The highest BCUT2D eigenvalue weighted by Gasteiger charge is 2.77. The van der Waals surface area contributed by atoms with Crippen LogP contribution in [0.1, 0.15) is 139 Å². The SMILES string of the molecule is COC1CC(OC2C(C)OC(OC3C(C)OC(OC4C(C)OC(OC5C(O)CC(OC6CCC7(C)C(=CCC8(O)C7CC(OC(C)=O)C7(C)C(C(C)=O)CCC87O)C6)OC5C)CC4OC)CC3OC)CC2OC)OC(C)C1O. The molecule has 0 radical (unpaired) electrons. The molecule has 0 bridgehead atoms. The number of ketones is 1. The number of fused-ring (bicyclic) bond motifs is 5. The maximum absolute atomic E-state index is 13.0. The molecule has 8 fully saturated rings. The maximum atomic E-state index is 13.0. The topological polar surface area (TPSA) is 254 Å². The summed E-state index contributed by atoms with van der Waals surface area (Å²) in [5, 5.41) is 47.5. The summed E-state index contributed by atoms with van der Waals surface area (Å²) in [7, 11) is 6.44. The van der Waals surface area contributed by atoms with Crippen LogP contribution in [0.4, 0.5) is 0 Å². The summed E-state index contributed by atoms with van der Waals surface area (Å²) in [5.41, 5.74) is -3.73. The third-order valence-electron chi connectivity index (χ3n) is 20.2. The summed E-state index contributed by atoms with van der Waals surface area (Å²) >= 11 is 0. The average molecular weight is 1110 g/mol. The van der Waals surface area contributed by atoms with E-state index in [1.807, 2.05) is 34.6 Å². The molecule has 21 heteroatoms. The molecular weight excluding hydrogens is 1020 g/mol. The molecule has 0 amide bonds. The second-order valence-corrected chi connectivity index (χ2v) is 24.6. The van der Waals surface area contributed by atoms with Crippen molar-refractivity contribution >= 4 is 11.8 Å². The molecule has 4 aliphatic carbocycles. The van der Waals surface area contributed by atoms with E-state index in [4.69, 9.17) is 71.1 Å². The molecule has 0 spiro atoms. The van der Waals surface area contributed by atoms with Crippen LogP contribution in [-0.2, 0) is 80.6 Å². The molecule has 0 aromatic rings. The molecule has 5 saturated heterocycles. The summed E-state index contributed by atoms with van der Waals surface area (Å²) in [4.78, 5) is 25.5. The van der Waals surface area contributed by atoms with Gasteiger partial charge in [-0.15, -0.1) is 0 Å². The number of methoxy groups -OCH3 is 4. The largest absolute Gasteiger partial charge is 0.462 e. The molecule has 5 aliphatic heterocycles. The second-order valence-electron chi connectivity index (χ2n) is 24.6. The van der Waals surface area contributed by atoms with E-state index >= 15 is 0 Å². The van der Waals surface area contributed by atoms with Gasteiger partial charge in [-0.25, -0.2) is 0 Å². The first-order valence-electron chi connectivity index (χ1n) is 28.7. The number of hydrogen-bond donors (Lipinski definition) is 4. The van der Waals surface area contributed by atoms with Gasteiger partial charge in [0.05, 0.1) is 67.1 Å². The van der Waals surface area contributed by atoms with Crippen molar-refractivity contribution in [2.24, 2.45) is 22.7 Å². The van der Waals surface area contributed by atoms with Gasteiger partial charge in [-0.3, -0.25) is 9.59 Å². The Labute approximate surface area is 460 Å². The summed E-state index contributed by atoms with van der Waals surface area (Å²) < 4.78 is 93.8. The number of carbonyl (C=O) groups is 2. The lowest BCUT2D eigenvalue weighted by Crippen LogP contribution is -2.75. The van der Waals surface area contributed by atoms with Crippen molar-refractivity contribution in [1.82, 2.24) is 0 Å². The molecule has 3 saturated carbocycles. The molecule has 446 valence electrons. The molecule has 21 nitrogen and oxygen atoms in total. The number of esters is 1. The first kappa shape index (κ1) is 60.7. The predicted molar refractivity (Wildman–Crippen MR) is 274 cm³/mol. The smallest absolute Gasteiger partial charge is 0.302 e. The Hall–Kier alpha value is -1.84. The first-order chi connectivity index (χ1) is 36.9. The molecule has 9 aliphatic rings. The summed E-state index contributed by atoms with van der Waals surface area (Å²) in [6.45, 7) is 16.2. The van der Waals surface area contributed by atoms with Crippen molar-refractivity contribution in [3.8, 4) is 0 Å². The molecule has 9 rings (SSSR count). The summed E-state index contributed by atoms with van der Waals surface area (Å²) in [6, 6.07) is 0. The van der Waals surface area contributed by atoms with E-state index in [-0.39, 0.29) is 37.3 Å². The van der Waals surface area contributed by atoms with Crippen LogP contribution in [0.2, 0.25) is 0 Å². The Morgan fingerprint density at radius 1 is 0.577 bits per heavy atom. The number of rotatable bonds is 16. The Morgan fingerprint density at radius 3 is 1.49 bits per heavy atom. The first-order valence-corrected chi connectivity index (χ1v) is 28.7. The fourth-order valence-corrected chi connectivity index (χ4v) is 15.8. The number of Topliss-reactive ketones (excluding diaryl/α,β-unsaturated/α-hetero) is 1. The highest BCUT2D eigenvalue weighted by Crippen LogP contribution is 2.70. The highest BCUT2D eigenvalue weighted by atomic mass is 16.8. The van der Waals surface area contributed by atoms with Gasteiger partial charge >= 0.3 is 5.97 Å². The van der Waals surface area contributed by atoms with Gasteiger partial charge in [-0.05, 0) is 91.9 Å². The van der Waals surface area contributed by atoms with Crippen molar-refractivity contribution < 1.29 is 101 Å². The fourth-order valence-electron chi connectivity index (χ4n) is 15.8. The third-order valence-corrected chi connectivity index (χ3v) is 20.2. The van der Waals surface area contributed by atoms with Gasteiger partial charge in [-0.2, -0.15) is 0 Å². The Kier molecular flexibility index (Phi) is 18.7. The number of ether oxygens (including phenoxy) is 15. The van der Waals surface area contributed by atoms with E-state index in [0.717, 1.165) is 5.57 Å². The van der Waals surface area contributed by atoms with Crippen molar-refractivity contribution in [1.29, 1.82) is 0 Å². The summed E-state index contributed by atoms with van der Waals surface area (Å²) in [5.74, 6) is -1.54. The Balaban J connectivity index is 0.753. The van der Waals surface area contributed by atoms with Crippen LogP contribution in [0.5, 0.6) is 0 Å². The van der Waals surface area contributed by atoms with Crippen LogP contribution in [0.3, 0.4) is 0 Å². The van der Waals surface area contributed by atoms with Gasteiger partial charge in [0.15, 0.2) is 31.5 Å². The second kappa shape index (κ2) is 24.0. The zero-order valence-corrected chi connectivity index (χ0v) is 48.1. The fraction of sp³-hybridized carbons (Fsp3) is 0.930. The van der Waals surface area contributed by atoms with E-state index in [9.17, 15) is 30.0 Å². The molecule has 4 N–H and O–H groups in total. The molecular formula is C57H92O21. The van der Waals surface area contributed by atoms with Crippen LogP contribution >= 0.6 is 0 Å². The lowest BCUT2D eigenvalue weighted by molar-refractivity contribution is -0.351. The Morgan fingerprint density at radius 2 is 1.03 bits per heavy atom. The van der Waals surface area contributed by atoms with Crippen LogP contribution in [-0.4, -0.2) is 207 Å². The molecule has 5 heterocycles. The van der Waals surface area contributed by atoms with Gasteiger partial charge < -0.3 is 91.5 Å². The number of carbonyl (C=O) groups excluding carboxylic acids is 2. The molecule has 78 heavy (non-hydrogen) atoms. The molecule has 28 atom stereocenters. The number of aliphatic hydroxyl groups excluding tert-OH is 2. The zero-order chi connectivity index (χ0) is 56.4. The van der Waals surface area contributed by atoms with Gasteiger partial charge in [0, 0.05) is 84.7 Å². The van der Waals surface area contributed by atoms with E-state index in [0.29, 0.717) is 57.8 Å². The molecule has 0 aromatic carbocycles. The normalized spacial score (nSPS) is 51.6. The van der Waals surface area contributed by atoms with Gasteiger partial charge in [0.25, 0.3) is 0 Å². The van der Waals surface area contributed by atoms with E-state index in [1.54, 1.807) is 35.4 Å². The van der Waals surface area contributed by atoms with Gasteiger partial charge in [0.2, 0.25) is 0 Å². The van der Waals surface area contributed by atoms with Crippen molar-refractivity contribution in [2.45, 2.75) is 286 Å². The van der Waals surface area contributed by atoms with Crippen molar-refractivity contribution in [2.75, 3.05) is 28.4 Å². The van der Waals surface area contributed by atoms with E-state index < -0.39 is 163 Å². The van der Waals surface area contributed by atoms with Crippen molar-refractivity contribution in [3.05, 3.63) is 11.6 Å². The predicted octanol–water partition coefficient (Wildman–Crippen LogP) is 4.31. The lowest BCUT2D eigenvalue weighted by atomic mass is 9.43. The Bertz CT molecular complexity index is 2090. The van der Waals surface area contributed by atoms with Crippen LogP contribution < -0.4 is 0 Å². The van der Waals surface area contributed by atoms with Crippen LogP contribution in [0.25, 0.3) is 0 Å². The average Bonchev–Trinajstić information content (AvgIpc) is 3.84. The summed E-state index contributed by atoms with van der Waals surface area (Å²) in [6.07, 6.45) is -5.62. The minimum atomic E-state index is -1.64. The lowest BCUT2D eigenvalue weighted by Gasteiger charge is -2.66.